The summed E-state index contributed by atoms with van der Waals surface area (Å²) >= 11 is 1.68. The van der Waals surface area contributed by atoms with E-state index in [1.807, 2.05) is 0 Å². The van der Waals surface area contributed by atoms with Crippen LogP contribution >= 0.6 is 22.9 Å². The summed E-state index contributed by atoms with van der Waals surface area (Å²) in [6, 6.07) is 3.06. The second kappa shape index (κ2) is 3.51. The molecule has 0 aliphatic rings. The first-order valence-corrected chi connectivity index (χ1v) is 3.92. The van der Waals surface area contributed by atoms with Gasteiger partial charge in [0.15, 0.2) is 0 Å². The van der Waals surface area contributed by atoms with Crippen molar-refractivity contribution in [3.05, 3.63) is 34.2 Å². The fourth-order valence-electron chi connectivity index (χ4n) is 0.651. The van der Waals surface area contributed by atoms with Crippen molar-refractivity contribution in [3.63, 3.8) is 0 Å². The molecular weight excluding hydrogens is 259 g/mol. The number of aromatic amines is 1. The molecule has 58 valence electrons. The van der Waals surface area contributed by atoms with Gasteiger partial charge in [-0.1, -0.05) is 0 Å². The van der Waals surface area contributed by atoms with E-state index in [-0.39, 0.29) is 17.0 Å². The number of aromatic nitrogens is 1. The first kappa shape index (κ1) is 8.25. The Morgan fingerprint density at radius 3 is 2.91 bits per heavy atom. The smallest absolute Gasteiger partial charge is 0.265 e. The SMILES string of the molecule is O=C(NI)c1ccc[nH]c1=O. The summed E-state index contributed by atoms with van der Waals surface area (Å²) in [7, 11) is 0. The highest BCUT2D eigenvalue weighted by Gasteiger charge is 2.05. The van der Waals surface area contributed by atoms with E-state index in [0.29, 0.717) is 0 Å². The van der Waals surface area contributed by atoms with E-state index in [2.05, 4.69) is 8.51 Å². The highest BCUT2D eigenvalue weighted by molar-refractivity contribution is 14.1. The van der Waals surface area contributed by atoms with Crippen LogP contribution < -0.4 is 9.09 Å². The summed E-state index contributed by atoms with van der Waals surface area (Å²) in [5.74, 6) is -0.382. The highest BCUT2D eigenvalue weighted by atomic mass is 127. The van der Waals surface area contributed by atoms with Crippen LogP contribution in [-0.2, 0) is 0 Å². The van der Waals surface area contributed by atoms with Gasteiger partial charge < -0.3 is 4.98 Å². The first-order chi connectivity index (χ1) is 5.25. The van der Waals surface area contributed by atoms with E-state index >= 15 is 0 Å². The van der Waals surface area contributed by atoms with Crippen LogP contribution in [0.1, 0.15) is 10.4 Å². The average Bonchev–Trinajstić information content (AvgIpc) is 2.04. The molecule has 1 amide bonds. The zero-order valence-electron chi connectivity index (χ0n) is 5.43. The van der Waals surface area contributed by atoms with Crippen molar-refractivity contribution < 1.29 is 4.79 Å². The lowest BCUT2D eigenvalue weighted by Gasteiger charge is -1.93. The summed E-state index contributed by atoms with van der Waals surface area (Å²) in [6.07, 6.45) is 1.48. The van der Waals surface area contributed by atoms with Crippen molar-refractivity contribution in [2.24, 2.45) is 0 Å². The quantitative estimate of drug-likeness (QED) is 0.571. The van der Waals surface area contributed by atoms with Crippen LogP contribution in [-0.4, -0.2) is 10.9 Å². The van der Waals surface area contributed by atoms with Gasteiger partial charge >= 0.3 is 0 Å². The molecule has 2 N–H and O–H groups in total. The third kappa shape index (κ3) is 1.79. The molecule has 0 spiro atoms. The number of H-pyrrole nitrogens is 1. The highest BCUT2D eigenvalue weighted by Crippen LogP contribution is 1.89. The molecule has 0 saturated carbocycles. The normalized spacial score (nSPS) is 9.18. The molecule has 0 aromatic carbocycles. The first-order valence-electron chi connectivity index (χ1n) is 2.84. The number of pyridine rings is 1. The Morgan fingerprint density at radius 1 is 1.64 bits per heavy atom. The Kier molecular flexibility index (Phi) is 2.64. The lowest BCUT2D eigenvalue weighted by molar-refractivity contribution is 0.0988. The Bertz CT molecular complexity index is 320. The average molecular weight is 264 g/mol. The molecular formula is C6H5IN2O2. The van der Waals surface area contributed by atoms with Gasteiger partial charge in [-0.3, -0.25) is 13.1 Å². The molecule has 0 aliphatic heterocycles. The number of nitrogens with one attached hydrogen (secondary N) is 2. The molecule has 0 bridgehead atoms. The summed E-state index contributed by atoms with van der Waals surface area (Å²) in [6.45, 7) is 0. The number of hydrogen-bond acceptors (Lipinski definition) is 2. The molecule has 1 rings (SSSR count). The second-order valence-corrected chi connectivity index (χ2v) is 2.38. The molecule has 0 radical (unpaired) electrons. The molecule has 1 aromatic rings. The van der Waals surface area contributed by atoms with E-state index in [4.69, 9.17) is 0 Å². The molecule has 1 aromatic heterocycles. The number of amides is 1. The van der Waals surface area contributed by atoms with Crippen LogP contribution in [0.5, 0.6) is 0 Å². The van der Waals surface area contributed by atoms with Crippen molar-refractivity contribution in [3.8, 4) is 0 Å². The Morgan fingerprint density at radius 2 is 2.36 bits per heavy atom. The van der Waals surface area contributed by atoms with Gasteiger partial charge in [-0.05, 0) is 12.1 Å². The van der Waals surface area contributed by atoms with Crippen LogP contribution in [0.4, 0.5) is 0 Å². The number of carbonyl (C=O) groups excluding carboxylic acids is 1. The predicted molar refractivity (Wildman–Crippen MR) is 48.5 cm³/mol. The van der Waals surface area contributed by atoms with Crippen molar-refractivity contribution in [2.75, 3.05) is 0 Å². The molecule has 5 heteroatoms. The monoisotopic (exact) mass is 264 g/mol. The van der Waals surface area contributed by atoms with E-state index in [9.17, 15) is 9.59 Å². The fraction of sp³-hybridized carbons (Fsp3) is 0. The third-order valence-electron chi connectivity index (χ3n) is 1.15. The summed E-state index contributed by atoms with van der Waals surface area (Å²) in [4.78, 5) is 24.2. The van der Waals surface area contributed by atoms with Crippen molar-refractivity contribution in [2.45, 2.75) is 0 Å². The Balaban J connectivity index is 3.14. The molecule has 0 aliphatic carbocycles. The van der Waals surface area contributed by atoms with Gasteiger partial charge in [0.2, 0.25) is 0 Å². The minimum absolute atomic E-state index is 0.127. The Labute approximate surface area is 76.5 Å². The fourth-order valence-corrected chi connectivity index (χ4v) is 0.942. The van der Waals surface area contributed by atoms with Gasteiger partial charge in [-0.25, -0.2) is 0 Å². The maximum absolute atomic E-state index is 10.9. The second-order valence-electron chi connectivity index (χ2n) is 1.84. The maximum Gasteiger partial charge on any atom is 0.265 e. The zero-order chi connectivity index (χ0) is 8.27. The van der Waals surface area contributed by atoms with Crippen LogP contribution in [0.15, 0.2) is 23.1 Å². The Hall–Kier alpha value is -0.850. The number of rotatable bonds is 1. The third-order valence-corrected chi connectivity index (χ3v) is 1.64. The molecule has 0 saturated heterocycles. The zero-order valence-corrected chi connectivity index (χ0v) is 7.58. The molecule has 0 unspecified atom stereocenters. The minimum Gasteiger partial charge on any atom is -0.328 e. The van der Waals surface area contributed by atoms with Gasteiger partial charge in [0.05, 0.1) is 22.9 Å². The van der Waals surface area contributed by atoms with E-state index in [1.54, 1.807) is 28.9 Å². The maximum atomic E-state index is 10.9. The van der Waals surface area contributed by atoms with Gasteiger partial charge in [0.1, 0.15) is 5.56 Å². The summed E-state index contributed by atoms with van der Waals surface area (Å²) < 4.78 is 2.33. The van der Waals surface area contributed by atoms with E-state index in [0.717, 1.165) is 0 Å². The van der Waals surface area contributed by atoms with Crippen molar-refractivity contribution in [1.82, 2.24) is 8.51 Å². The molecule has 0 fully saturated rings. The lowest BCUT2D eigenvalue weighted by Crippen LogP contribution is -2.22. The predicted octanol–water partition coefficient (Wildman–Crippen LogP) is 0.455. The number of halogens is 1. The van der Waals surface area contributed by atoms with Crippen LogP contribution in [0.2, 0.25) is 0 Å². The van der Waals surface area contributed by atoms with Gasteiger partial charge in [-0.15, -0.1) is 0 Å². The van der Waals surface area contributed by atoms with Gasteiger partial charge in [0.25, 0.3) is 11.5 Å². The van der Waals surface area contributed by atoms with Gasteiger partial charge in [0, 0.05) is 6.20 Å². The summed E-state index contributed by atoms with van der Waals surface area (Å²) in [5.41, 5.74) is -0.247. The van der Waals surface area contributed by atoms with Crippen molar-refractivity contribution >= 4 is 28.8 Å². The standard InChI is InChI=1S/C6H5IN2O2/c7-9-6(11)4-2-1-3-8-5(4)10/h1-3H,(H,8,10)(H,9,11). The van der Waals surface area contributed by atoms with Crippen molar-refractivity contribution in [1.29, 1.82) is 0 Å². The van der Waals surface area contributed by atoms with E-state index < -0.39 is 0 Å². The molecule has 4 nitrogen and oxygen atoms in total. The molecule has 0 atom stereocenters. The molecule has 11 heavy (non-hydrogen) atoms. The van der Waals surface area contributed by atoms with E-state index in [1.165, 1.54) is 12.3 Å². The number of carbonyl (C=O) groups is 1. The topological polar surface area (TPSA) is 62.0 Å². The van der Waals surface area contributed by atoms with Crippen LogP contribution in [0, 0.1) is 0 Å². The number of hydrogen-bond donors (Lipinski definition) is 2. The largest absolute Gasteiger partial charge is 0.328 e. The van der Waals surface area contributed by atoms with Crippen LogP contribution in [0.25, 0.3) is 0 Å². The van der Waals surface area contributed by atoms with Gasteiger partial charge in [-0.2, -0.15) is 0 Å². The minimum atomic E-state index is -0.382. The van der Waals surface area contributed by atoms with Crippen LogP contribution in [0.3, 0.4) is 0 Å². The molecule has 1 heterocycles. The summed E-state index contributed by atoms with van der Waals surface area (Å²) in [5, 5.41) is 0. The lowest BCUT2D eigenvalue weighted by atomic mass is 10.3.